The molecule has 2 aromatic carbocycles. The second kappa shape index (κ2) is 9.96. The van der Waals surface area contributed by atoms with E-state index in [0.29, 0.717) is 35.1 Å². The predicted molar refractivity (Wildman–Crippen MR) is 117 cm³/mol. The zero-order valence-corrected chi connectivity index (χ0v) is 17.2. The molecule has 0 unspecified atom stereocenters. The molecule has 154 valence electrons. The molecule has 0 atom stereocenters. The highest BCUT2D eigenvalue weighted by Crippen LogP contribution is 2.39. The quantitative estimate of drug-likeness (QED) is 0.427. The summed E-state index contributed by atoms with van der Waals surface area (Å²) in [5, 5.41) is 0.989. The van der Waals surface area contributed by atoms with Crippen LogP contribution in [0.25, 0.3) is 22.7 Å². The fourth-order valence-electron chi connectivity index (χ4n) is 4.27. The molecule has 1 aliphatic carbocycles. The molecule has 0 aliphatic heterocycles. The Labute approximate surface area is 171 Å². The van der Waals surface area contributed by atoms with Crippen molar-refractivity contribution in [2.75, 3.05) is 0 Å². The maximum Gasteiger partial charge on any atom is 0.162 e. The molecule has 0 radical (unpaired) electrons. The molecule has 0 amide bonds. The summed E-state index contributed by atoms with van der Waals surface area (Å²) in [4.78, 5) is 0. The molecular formula is C26H29F3. The van der Waals surface area contributed by atoms with E-state index in [0.717, 1.165) is 25.7 Å². The topological polar surface area (TPSA) is 0 Å². The molecule has 29 heavy (non-hydrogen) atoms. The van der Waals surface area contributed by atoms with Gasteiger partial charge in [0.15, 0.2) is 5.83 Å². The Morgan fingerprint density at radius 3 is 2.45 bits per heavy atom. The van der Waals surface area contributed by atoms with Gasteiger partial charge in [-0.25, -0.2) is 13.2 Å². The summed E-state index contributed by atoms with van der Waals surface area (Å²) in [7, 11) is 0. The lowest BCUT2D eigenvalue weighted by atomic mass is 9.79. The zero-order chi connectivity index (χ0) is 20.8. The smallest absolute Gasteiger partial charge is 0.162 e. The molecule has 3 heteroatoms. The van der Waals surface area contributed by atoms with E-state index in [-0.39, 0.29) is 17.3 Å². The van der Waals surface area contributed by atoms with Crippen molar-refractivity contribution in [1.82, 2.24) is 0 Å². The van der Waals surface area contributed by atoms with E-state index in [1.54, 1.807) is 24.3 Å². The molecule has 0 bridgehead atoms. The Bertz CT molecular complexity index is 928. The molecule has 0 N–H and O–H groups in total. The van der Waals surface area contributed by atoms with Crippen molar-refractivity contribution in [2.45, 2.75) is 52.4 Å². The van der Waals surface area contributed by atoms with Crippen molar-refractivity contribution in [3.8, 4) is 0 Å². The van der Waals surface area contributed by atoms with Crippen molar-refractivity contribution in [1.29, 1.82) is 0 Å². The molecule has 1 aliphatic rings. The SMILES string of the molecule is C/C=C/CCC1CCC(C(F)=C(F)c2ccc3c(F)c(/C=C/C)ccc3c2)CC1. The predicted octanol–water partition coefficient (Wildman–Crippen LogP) is 8.78. The number of allylic oxidation sites excluding steroid dienone is 4. The van der Waals surface area contributed by atoms with Gasteiger partial charge in [-0.05, 0) is 69.7 Å². The van der Waals surface area contributed by atoms with Gasteiger partial charge in [0.05, 0.1) is 0 Å². The summed E-state index contributed by atoms with van der Waals surface area (Å²) >= 11 is 0. The summed E-state index contributed by atoms with van der Waals surface area (Å²) in [6.07, 6.45) is 13.1. The van der Waals surface area contributed by atoms with E-state index >= 15 is 0 Å². The van der Waals surface area contributed by atoms with Crippen molar-refractivity contribution >= 4 is 22.7 Å². The zero-order valence-electron chi connectivity index (χ0n) is 17.2. The Morgan fingerprint density at radius 2 is 1.76 bits per heavy atom. The van der Waals surface area contributed by atoms with Crippen molar-refractivity contribution in [3.63, 3.8) is 0 Å². The lowest BCUT2D eigenvalue weighted by Crippen LogP contribution is -2.15. The van der Waals surface area contributed by atoms with Crippen molar-refractivity contribution < 1.29 is 13.2 Å². The Balaban J connectivity index is 1.76. The molecule has 3 rings (SSSR count). The lowest BCUT2D eigenvalue weighted by Gasteiger charge is -2.27. The van der Waals surface area contributed by atoms with Crippen LogP contribution in [0.4, 0.5) is 13.2 Å². The molecule has 1 saturated carbocycles. The van der Waals surface area contributed by atoms with Crippen LogP contribution < -0.4 is 0 Å². The van der Waals surface area contributed by atoms with E-state index in [2.05, 4.69) is 12.2 Å². The highest BCUT2D eigenvalue weighted by molar-refractivity contribution is 5.88. The molecule has 0 aromatic heterocycles. The fraction of sp³-hybridized carbons (Fsp3) is 0.385. The highest BCUT2D eigenvalue weighted by Gasteiger charge is 2.26. The van der Waals surface area contributed by atoms with Crippen LogP contribution >= 0.6 is 0 Å². The van der Waals surface area contributed by atoms with Crippen molar-refractivity contribution in [2.24, 2.45) is 11.8 Å². The van der Waals surface area contributed by atoms with E-state index < -0.39 is 11.7 Å². The Morgan fingerprint density at radius 1 is 1.00 bits per heavy atom. The van der Waals surface area contributed by atoms with Gasteiger partial charge in [0.1, 0.15) is 11.6 Å². The molecule has 0 heterocycles. The van der Waals surface area contributed by atoms with Gasteiger partial charge in [-0.3, -0.25) is 0 Å². The van der Waals surface area contributed by atoms with Crippen LogP contribution in [0, 0.1) is 17.7 Å². The first-order valence-corrected chi connectivity index (χ1v) is 10.6. The third-order valence-electron chi connectivity index (χ3n) is 5.98. The number of hydrogen-bond donors (Lipinski definition) is 0. The van der Waals surface area contributed by atoms with Crippen LogP contribution in [0.2, 0.25) is 0 Å². The van der Waals surface area contributed by atoms with Gasteiger partial charge in [-0.2, -0.15) is 0 Å². The van der Waals surface area contributed by atoms with Crippen LogP contribution in [0.5, 0.6) is 0 Å². The third-order valence-corrected chi connectivity index (χ3v) is 5.98. The van der Waals surface area contributed by atoms with Gasteiger partial charge in [0.2, 0.25) is 0 Å². The Kier molecular flexibility index (Phi) is 7.35. The van der Waals surface area contributed by atoms with Gasteiger partial charge in [-0.15, -0.1) is 0 Å². The largest absolute Gasteiger partial charge is 0.208 e. The minimum Gasteiger partial charge on any atom is -0.208 e. The molecule has 2 aromatic rings. The fourth-order valence-corrected chi connectivity index (χ4v) is 4.27. The minimum atomic E-state index is -0.804. The van der Waals surface area contributed by atoms with Gasteiger partial charge in [-0.1, -0.05) is 48.6 Å². The first-order valence-electron chi connectivity index (χ1n) is 10.6. The van der Waals surface area contributed by atoms with Crippen LogP contribution in [-0.2, 0) is 0 Å². The first kappa shape index (κ1) is 21.4. The molecule has 1 fully saturated rings. The minimum absolute atomic E-state index is 0.184. The van der Waals surface area contributed by atoms with Crippen LogP contribution in [-0.4, -0.2) is 0 Å². The average Bonchev–Trinajstić information content (AvgIpc) is 2.75. The van der Waals surface area contributed by atoms with Gasteiger partial charge in [0.25, 0.3) is 0 Å². The van der Waals surface area contributed by atoms with E-state index in [4.69, 9.17) is 0 Å². The standard InChI is InChI=1S/C26H29F3/c1-3-5-6-8-18-9-11-20(12-10-18)25(28)26(29)22-15-16-23-21(17-22)14-13-19(7-4-2)24(23)27/h3-5,7,13-18,20H,6,8-12H2,1-2H3/b5-3+,7-4+,26-25?. The van der Waals surface area contributed by atoms with Gasteiger partial charge < -0.3 is 0 Å². The normalized spacial score (nSPS) is 21.3. The van der Waals surface area contributed by atoms with Crippen LogP contribution in [0.3, 0.4) is 0 Å². The molecule has 0 spiro atoms. The van der Waals surface area contributed by atoms with E-state index in [9.17, 15) is 13.2 Å². The lowest BCUT2D eigenvalue weighted by molar-refractivity contribution is 0.263. The Hall–Kier alpha value is -2.29. The van der Waals surface area contributed by atoms with Crippen molar-refractivity contribution in [3.05, 3.63) is 71.3 Å². The van der Waals surface area contributed by atoms with E-state index in [1.807, 2.05) is 13.8 Å². The summed E-state index contributed by atoms with van der Waals surface area (Å²) in [5.74, 6) is -1.54. The van der Waals surface area contributed by atoms with E-state index in [1.165, 1.54) is 18.2 Å². The van der Waals surface area contributed by atoms with Gasteiger partial charge >= 0.3 is 0 Å². The number of rotatable bonds is 6. The van der Waals surface area contributed by atoms with Crippen LogP contribution in [0.15, 0.2) is 54.4 Å². The third kappa shape index (κ3) is 5.01. The summed E-state index contributed by atoms with van der Waals surface area (Å²) in [6.45, 7) is 3.84. The average molecular weight is 399 g/mol. The highest BCUT2D eigenvalue weighted by atomic mass is 19.2. The van der Waals surface area contributed by atoms with Gasteiger partial charge in [0, 0.05) is 22.4 Å². The maximum absolute atomic E-state index is 14.9. The van der Waals surface area contributed by atoms with Crippen LogP contribution in [0.1, 0.15) is 63.5 Å². The second-order valence-corrected chi connectivity index (χ2v) is 7.93. The first-order chi connectivity index (χ1) is 14.0. The monoisotopic (exact) mass is 398 g/mol. The summed E-state index contributed by atoms with van der Waals surface area (Å²) < 4.78 is 44.3. The molecular weight excluding hydrogens is 369 g/mol. The molecule has 0 saturated heterocycles. The summed E-state index contributed by atoms with van der Waals surface area (Å²) in [5.41, 5.74) is 0.671. The maximum atomic E-state index is 14.9. The molecule has 0 nitrogen and oxygen atoms in total. The summed E-state index contributed by atoms with van der Waals surface area (Å²) in [6, 6.07) is 7.96. The number of hydrogen-bond acceptors (Lipinski definition) is 0. The number of fused-ring (bicyclic) bond motifs is 1. The number of halogens is 3. The number of benzene rings is 2. The second-order valence-electron chi connectivity index (χ2n) is 7.93.